The molecule has 1 aromatic heterocycles. The van der Waals surface area contributed by atoms with Crippen LogP contribution in [0, 0.1) is 0 Å². The van der Waals surface area contributed by atoms with Gasteiger partial charge in [-0.3, -0.25) is 0 Å². The van der Waals surface area contributed by atoms with Gasteiger partial charge in [-0.2, -0.15) is 0 Å². The van der Waals surface area contributed by atoms with Crippen LogP contribution >= 0.6 is 0 Å². The monoisotopic (exact) mass is 616 g/mol. The van der Waals surface area contributed by atoms with E-state index in [9.17, 15) is 0 Å². The predicted molar refractivity (Wildman–Crippen MR) is 200 cm³/mol. The van der Waals surface area contributed by atoms with Crippen LogP contribution < -0.4 is 0 Å². The fourth-order valence-electron chi connectivity index (χ4n) is 6.49. The third kappa shape index (κ3) is 4.99. The van der Waals surface area contributed by atoms with Crippen LogP contribution in [0.3, 0.4) is 0 Å². The highest BCUT2D eigenvalue weighted by Gasteiger charge is 2.17. The lowest BCUT2D eigenvalue weighted by Crippen LogP contribution is -2.01. The van der Waals surface area contributed by atoms with Crippen molar-refractivity contribution in [3.8, 4) is 56.4 Å². The Balaban J connectivity index is 1.23. The largest absolute Gasteiger partial charge is 0.208 e. The summed E-state index contributed by atoms with van der Waals surface area (Å²) in [7, 11) is 0. The quantitative estimate of drug-likeness (QED) is 0.193. The van der Waals surface area contributed by atoms with Gasteiger partial charge in [0.1, 0.15) is 0 Å². The second-order valence-electron chi connectivity index (χ2n) is 11.7. The van der Waals surface area contributed by atoms with E-state index in [2.05, 4.69) is 72.8 Å². The van der Waals surface area contributed by atoms with E-state index in [0.29, 0.717) is 34.0 Å². The number of hydrogen-bond donors (Lipinski definition) is 0. The van der Waals surface area contributed by atoms with Crippen LogP contribution in [0.1, 0.15) is 6.85 Å². The van der Waals surface area contributed by atoms with Crippen molar-refractivity contribution >= 4 is 32.3 Å². The summed E-state index contributed by atoms with van der Waals surface area (Å²) in [4.78, 5) is 15.0. The zero-order chi connectivity index (χ0) is 36.2. The van der Waals surface area contributed by atoms with Gasteiger partial charge in [0.15, 0.2) is 17.5 Å². The maximum Gasteiger partial charge on any atom is 0.164 e. The van der Waals surface area contributed by atoms with Gasteiger partial charge in [-0.15, -0.1) is 0 Å². The molecule has 8 aromatic carbocycles. The Kier molecular flexibility index (Phi) is 5.61. The van der Waals surface area contributed by atoms with E-state index in [4.69, 9.17) is 21.8 Å². The zero-order valence-electron chi connectivity index (χ0n) is 30.7. The van der Waals surface area contributed by atoms with E-state index in [-0.39, 0.29) is 29.7 Å². The van der Waals surface area contributed by atoms with Gasteiger partial charge in [-0.25, -0.2) is 15.0 Å². The molecule has 0 saturated carbocycles. The molecule has 0 amide bonds. The highest BCUT2D eigenvalue weighted by molar-refractivity contribution is 6.06. The van der Waals surface area contributed by atoms with Crippen LogP contribution in [0.5, 0.6) is 0 Å². The Morgan fingerprint density at radius 2 is 0.938 bits per heavy atom. The molecule has 0 bridgehead atoms. The summed E-state index contributed by atoms with van der Waals surface area (Å²) in [6.45, 7) is 0. The van der Waals surface area contributed by atoms with E-state index in [0.717, 1.165) is 32.8 Å². The fraction of sp³-hybridized carbons (Fsp3) is 0. The predicted octanol–water partition coefficient (Wildman–Crippen LogP) is 11.7. The first-order valence-corrected chi connectivity index (χ1v) is 15.8. The Labute approximate surface area is 285 Å². The molecule has 9 aromatic rings. The Bertz CT molecular complexity index is 2870. The van der Waals surface area contributed by atoms with Gasteiger partial charge in [-0.05, 0) is 61.3 Å². The standard InChI is InChI=1S/C45H29N3/c1-3-12-31(13-4-1)40-22-10-18-32-19-11-23-41(42(32)40)45-47-43(33-15-5-2-6-16-33)46-44(48-45)37-27-25-34-28-36(26-24-35(34)29-37)39-21-9-17-30-14-7-8-20-38(30)39/h1-29H/i1D,3D,4D,12D,13D. The number of aromatic nitrogens is 3. The summed E-state index contributed by atoms with van der Waals surface area (Å²) in [6.07, 6.45) is 0. The first-order valence-electron chi connectivity index (χ1n) is 18.3. The topological polar surface area (TPSA) is 38.7 Å². The Morgan fingerprint density at radius 3 is 1.73 bits per heavy atom. The number of hydrogen-bond acceptors (Lipinski definition) is 3. The van der Waals surface area contributed by atoms with Crippen molar-refractivity contribution in [1.82, 2.24) is 15.0 Å². The van der Waals surface area contributed by atoms with Gasteiger partial charge in [0.2, 0.25) is 0 Å². The van der Waals surface area contributed by atoms with Crippen molar-refractivity contribution in [2.24, 2.45) is 0 Å². The maximum absolute atomic E-state index is 8.77. The van der Waals surface area contributed by atoms with Crippen molar-refractivity contribution in [2.45, 2.75) is 0 Å². The van der Waals surface area contributed by atoms with Gasteiger partial charge >= 0.3 is 0 Å². The molecule has 0 atom stereocenters. The molecule has 3 nitrogen and oxygen atoms in total. The zero-order valence-corrected chi connectivity index (χ0v) is 25.7. The molecule has 0 spiro atoms. The van der Waals surface area contributed by atoms with Gasteiger partial charge in [-0.1, -0.05) is 164 Å². The second kappa shape index (κ2) is 11.7. The van der Waals surface area contributed by atoms with Crippen LogP contribution in [0.25, 0.3) is 88.7 Å². The fourth-order valence-corrected chi connectivity index (χ4v) is 6.49. The molecule has 1 heterocycles. The molecule has 9 rings (SSSR count). The molecule has 0 unspecified atom stereocenters. The molecule has 0 saturated heterocycles. The second-order valence-corrected chi connectivity index (χ2v) is 11.7. The van der Waals surface area contributed by atoms with Crippen LogP contribution in [0.4, 0.5) is 0 Å². The summed E-state index contributed by atoms with van der Waals surface area (Å²) in [5.74, 6) is 1.39. The van der Waals surface area contributed by atoms with Crippen molar-refractivity contribution < 1.29 is 6.85 Å². The minimum absolute atomic E-state index is 0.129. The third-order valence-electron chi connectivity index (χ3n) is 8.78. The van der Waals surface area contributed by atoms with Crippen molar-refractivity contribution in [1.29, 1.82) is 0 Å². The van der Waals surface area contributed by atoms with E-state index < -0.39 is 6.04 Å². The minimum Gasteiger partial charge on any atom is -0.208 e. The summed E-state index contributed by atoms with van der Waals surface area (Å²) in [5.41, 5.74) is 5.26. The molecule has 0 radical (unpaired) electrons. The number of rotatable bonds is 5. The van der Waals surface area contributed by atoms with Crippen molar-refractivity contribution in [2.75, 3.05) is 0 Å². The van der Waals surface area contributed by atoms with Gasteiger partial charge in [0.25, 0.3) is 0 Å². The molecular formula is C45H29N3. The Hall–Kier alpha value is -6.45. The molecule has 0 aliphatic carbocycles. The lowest BCUT2D eigenvalue weighted by atomic mass is 9.94. The number of benzene rings is 8. The highest BCUT2D eigenvalue weighted by Crippen LogP contribution is 2.37. The van der Waals surface area contributed by atoms with Crippen LogP contribution in [0.15, 0.2) is 176 Å². The van der Waals surface area contributed by atoms with Crippen LogP contribution in [0.2, 0.25) is 0 Å². The lowest BCUT2D eigenvalue weighted by molar-refractivity contribution is 1.08. The van der Waals surface area contributed by atoms with Crippen LogP contribution in [-0.4, -0.2) is 15.0 Å². The summed E-state index contributed by atoms with van der Waals surface area (Å²) in [5, 5.41) is 6.05. The first kappa shape index (κ1) is 23.0. The van der Waals surface area contributed by atoms with Crippen LogP contribution in [-0.2, 0) is 0 Å². The SMILES string of the molecule is [2H]c1c([2H])c([2H])c(-c2cccc3cccc(-c4nc(-c5ccccc5)nc(-c5ccc6cc(-c7cccc8ccccc78)ccc6c5)n4)c23)c([2H])c1[2H]. The molecule has 0 fully saturated rings. The van der Waals surface area contributed by atoms with E-state index in [1.54, 1.807) is 6.07 Å². The summed E-state index contributed by atoms with van der Waals surface area (Å²) in [6, 6.07) is 46.9. The molecular weight excluding hydrogens is 583 g/mol. The van der Waals surface area contributed by atoms with E-state index in [1.165, 1.54) is 16.3 Å². The van der Waals surface area contributed by atoms with E-state index >= 15 is 0 Å². The average Bonchev–Trinajstić information content (AvgIpc) is 3.21. The lowest BCUT2D eigenvalue weighted by Gasteiger charge is -2.14. The number of nitrogens with zero attached hydrogens (tertiary/aromatic N) is 3. The molecule has 224 valence electrons. The molecule has 0 aliphatic rings. The van der Waals surface area contributed by atoms with Crippen molar-refractivity contribution in [3.05, 3.63) is 176 Å². The highest BCUT2D eigenvalue weighted by atomic mass is 15.0. The molecule has 3 heteroatoms. The molecule has 0 N–H and O–H groups in total. The molecule has 48 heavy (non-hydrogen) atoms. The average molecular weight is 617 g/mol. The summed E-state index contributed by atoms with van der Waals surface area (Å²) < 4.78 is 42.4. The number of fused-ring (bicyclic) bond motifs is 3. The molecule has 0 aliphatic heterocycles. The van der Waals surface area contributed by atoms with Crippen molar-refractivity contribution in [3.63, 3.8) is 0 Å². The van der Waals surface area contributed by atoms with E-state index in [1.807, 2.05) is 66.7 Å². The van der Waals surface area contributed by atoms with Gasteiger partial charge in [0, 0.05) is 22.1 Å². The summed E-state index contributed by atoms with van der Waals surface area (Å²) >= 11 is 0. The Morgan fingerprint density at radius 1 is 0.354 bits per heavy atom. The maximum atomic E-state index is 8.77. The first-order chi connectivity index (χ1) is 25.9. The smallest absolute Gasteiger partial charge is 0.164 e. The normalized spacial score (nSPS) is 12.8. The third-order valence-corrected chi connectivity index (χ3v) is 8.78. The minimum atomic E-state index is -0.431. The van der Waals surface area contributed by atoms with Gasteiger partial charge < -0.3 is 0 Å². The van der Waals surface area contributed by atoms with Gasteiger partial charge in [0.05, 0.1) is 6.85 Å².